The minimum atomic E-state index is 0.0915. The average Bonchev–Trinajstić information content (AvgIpc) is 3.22. The maximum Gasteiger partial charge on any atom is 0.247 e. The van der Waals surface area contributed by atoms with Crippen LogP contribution < -0.4 is 4.74 Å². The normalized spacial score (nSPS) is 14.8. The highest BCUT2D eigenvalue weighted by Gasteiger charge is 2.33. The molecular weight excluding hydrogens is 250 g/mol. The minimum Gasteiger partial charge on any atom is -0.493 e. The second-order valence-electron chi connectivity index (χ2n) is 5.37. The molecule has 0 aliphatic heterocycles. The summed E-state index contributed by atoms with van der Waals surface area (Å²) in [6, 6.07) is 8.47. The maximum atomic E-state index is 12.3. The quantitative estimate of drug-likeness (QED) is 0.742. The molecule has 0 unspecified atom stereocenters. The van der Waals surface area contributed by atoms with E-state index in [9.17, 15) is 4.79 Å². The van der Waals surface area contributed by atoms with Gasteiger partial charge in [0.1, 0.15) is 5.75 Å². The monoisotopic (exact) mass is 273 g/mol. The van der Waals surface area contributed by atoms with Crippen LogP contribution in [-0.4, -0.2) is 29.5 Å². The number of nitrogens with zero attached hydrogens (tertiary/aromatic N) is 1. The highest BCUT2D eigenvalue weighted by Crippen LogP contribution is 2.29. The van der Waals surface area contributed by atoms with Crippen molar-refractivity contribution in [1.29, 1.82) is 0 Å². The van der Waals surface area contributed by atoms with Gasteiger partial charge in [0.2, 0.25) is 5.91 Å². The molecule has 1 fully saturated rings. The molecule has 1 aromatic rings. The third kappa shape index (κ3) is 3.62. The zero-order valence-corrected chi connectivity index (χ0v) is 12.5. The molecule has 1 aliphatic carbocycles. The van der Waals surface area contributed by atoms with Gasteiger partial charge in [-0.25, -0.2) is 0 Å². The number of hydrogen-bond acceptors (Lipinski definition) is 2. The SMILES string of the molecule is CCOc1ccccc1/C=C/C(=O)N(C(C)C)C1CC1. The van der Waals surface area contributed by atoms with Gasteiger partial charge < -0.3 is 9.64 Å². The van der Waals surface area contributed by atoms with Gasteiger partial charge in [-0.05, 0) is 45.8 Å². The summed E-state index contributed by atoms with van der Waals surface area (Å²) in [6.45, 7) is 6.72. The van der Waals surface area contributed by atoms with Crippen LogP contribution in [0.2, 0.25) is 0 Å². The first kappa shape index (κ1) is 14.6. The molecule has 1 aromatic carbocycles. The fourth-order valence-electron chi connectivity index (χ4n) is 2.36. The number of hydrogen-bond donors (Lipinski definition) is 0. The smallest absolute Gasteiger partial charge is 0.247 e. The predicted molar refractivity (Wildman–Crippen MR) is 81.6 cm³/mol. The van der Waals surface area contributed by atoms with E-state index in [4.69, 9.17) is 4.74 Å². The van der Waals surface area contributed by atoms with Crippen molar-refractivity contribution < 1.29 is 9.53 Å². The van der Waals surface area contributed by atoms with E-state index >= 15 is 0 Å². The molecule has 0 N–H and O–H groups in total. The Hall–Kier alpha value is -1.77. The number of benzene rings is 1. The topological polar surface area (TPSA) is 29.5 Å². The van der Waals surface area contributed by atoms with E-state index in [2.05, 4.69) is 13.8 Å². The number of ether oxygens (including phenoxy) is 1. The van der Waals surface area contributed by atoms with Crippen molar-refractivity contribution >= 4 is 12.0 Å². The van der Waals surface area contributed by atoms with Crippen molar-refractivity contribution in [3.8, 4) is 5.75 Å². The summed E-state index contributed by atoms with van der Waals surface area (Å²) >= 11 is 0. The lowest BCUT2D eigenvalue weighted by atomic mass is 10.2. The molecular formula is C17H23NO2. The Bertz CT molecular complexity index is 488. The van der Waals surface area contributed by atoms with Crippen molar-refractivity contribution in [3.05, 3.63) is 35.9 Å². The predicted octanol–water partition coefficient (Wildman–Crippen LogP) is 3.50. The fourth-order valence-corrected chi connectivity index (χ4v) is 2.36. The van der Waals surface area contributed by atoms with E-state index in [0.29, 0.717) is 12.6 Å². The molecule has 0 bridgehead atoms. The molecule has 20 heavy (non-hydrogen) atoms. The number of rotatable bonds is 6. The van der Waals surface area contributed by atoms with Gasteiger partial charge >= 0.3 is 0 Å². The highest BCUT2D eigenvalue weighted by atomic mass is 16.5. The van der Waals surface area contributed by atoms with Crippen molar-refractivity contribution in [2.75, 3.05) is 6.61 Å². The van der Waals surface area contributed by atoms with Gasteiger partial charge in [0.25, 0.3) is 0 Å². The minimum absolute atomic E-state index is 0.0915. The van der Waals surface area contributed by atoms with Crippen LogP contribution in [0.25, 0.3) is 6.08 Å². The lowest BCUT2D eigenvalue weighted by molar-refractivity contribution is -0.128. The van der Waals surface area contributed by atoms with E-state index < -0.39 is 0 Å². The van der Waals surface area contributed by atoms with Crippen LogP contribution in [0.15, 0.2) is 30.3 Å². The second kappa shape index (κ2) is 6.60. The van der Waals surface area contributed by atoms with Gasteiger partial charge in [-0.3, -0.25) is 4.79 Å². The molecule has 0 radical (unpaired) electrons. The van der Waals surface area contributed by atoms with Gasteiger partial charge in [0.05, 0.1) is 6.61 Å². The third-order valence-corrected chi connectivity index (χ3v) is 3.38. The van der Waals surface area contributed by atoms with E-state index in [1.165, 1.54) is 0 Å². The standard InChI is InChI=1S/C17H23NO2/c1-4-20-16-8-6-5-7-14(16)9-12-17(19)18(13(2)3)15-10-11-15/h5-9,12-13,15H,4,10-11H2,1-3H3/b12-9+. The van der Waals surface area contributed by atoms with Crippen molar-refractivity contribution in [2.45, 2.75) is 45.7 Å². The first-order chi connectivity index (χ1) is 9.63. The molecule has 3 heteroatoms. The van der Waals surface area contributed by atoms with Crippen molar-refractivity contribution in [3.63, 3.8) is 0 Å². The Morgan fingerprint density at radius 3 is 2.70 bits per heavy atom. The molecule has 0 atom stereocenters. The average molecular weight is 273 g/mol. The Kier molecular flexibility index (Phi) is 4.83. The summed E-state index contributed by atoms with van der Waals surface area (Å²) in [4.78, 5) is 14.3. The van der Waals surface area contributed by atoms with Gasteiger partial charge in [-0.2, -0.15) is 0 Å². The third-order valence-electron chi connectivity index (χ3n) is 3.38. The Labute approximate surface area is 121 Å². The largest absolute Gasteiger partial charge is 0.493 e. The van der Waals surface area contributed by atoms with Crippen LogP contribution in [0.3, 0.4) is 0 Å². The van der Waals surface area contributed by atoms with E-state index in [1.54, 1.807) is 6.08 Å². The molecule has 3 nitrogen and oxygen atoms in total. The first-order valence-corrected chi connectivity index (χ1v) is 7.35. The summed E-state index contributed by atoms with van der Waals surface area (Å²) in [6.07, 6.45) is 5.78. The van der Waals surface area contributed by atoms with Crippen molar-refractivity contribution in [1.82, 2.24) is 4.90 Å². The van der Waals surface area contributed by atoms with Crippen LogP contribution in [0.4, 0.5) is 0 Å². The summed E-state index contributed by atoms with van der Waals surface area (Å²) < 4.78 is 5.56. The lowest BCUT2D eigenvalue weighted by Crippen LogP contribution is -2.37. The van der Waals surface area contributed by atoms with E-state index in [0.717, 1.165) is 24.2 Å². The summed E-state index contributed by atoms with van der Waals surface area (Å²) in [5.41, 5.74) is 0.946. The van der Waals surface area contributed by atoms with E-state index in [1.807, 2.05) is 42.2 Å². The van der Waals surface area contributed by atoms with Crippen LogP contribution in [0.5, 0.6) is 5.75 Å². The second-order valence-corrected chi connectivity index (χ2v) is 5.37. The fraction of sp³-hybridized carbons (Fsp3) is 0.471. The molecule has 1 saturated carbocycles. The summed E-state index contributed by atoms with van der Waals surface area (Å²) in [5.74, 6) is 0.912. The molecule has 0 heterocycles. The molecule has 2 rings (SSSR count). The molecule has 0 saturated heterocycles. The summed E-state index contributed by atoms with van der Waals surface area (Å²) in [5, 5.41) is 0. The van der Waals surface area contributed by atoms with Crippen LogP contribution in [0, 0.1) is 0 Å². The molecule has 0 spiro atoms. The number of carbonyl (C=O) groups excluding carboxylic acids is 1. The Morgan fingerprint density at radius 2 is 2.10 bits per heavy atom. The zero-order chi connectivity index (χ0) is 14.5. The molecule has 108 valence electrons. The van der Waals surface area contributed by atoms with Crippen LogP contribution in [-0.2, 0) is 4.79 Å². The Morgan fingerprint density at radius 1 is 1.40 bits per heavy atom. The highest BCUT2D eigenvalue weighted by molar-refractivity contribution is 5.92. The van der Waals surface area contributed by atoms with Gasteiger partial charge in [0.15, 0.2) is 0 Å². The molecule has 1 aliphatic rings. The molecule has 0 aromatic heterocycles. The number of para-hydroxylation sites is 1. The van der Waals surface area contributed by atoms with Gasteiger partial charge in [-0.1, -0.05) is 18.2 Å². The van der Waals surface area contributed by atoms with E-state index in [-0.39, 0.29) is 11.9 Å². The van der Waals surface area contributed by atoms with Gasteiger partial charge in [0, 0.05) is 23.7 Å². The number of amides is 1. The van der Waals surface area contributed by atoms with Crippen LogP contribution >= 0.6 is 0 Å². The summed E-state index contributed by atoms with van der Waals surface area (Å²) in [7, 11) is 0. The zero-order valence-electron chi connectivity index (χ0n) is 12.5. The van der Waals surface area contributed by atoms with Crippen LogP contribution in [0.1, 0.15) is 39.2 Å². The van der Waals surface area contributed by atoms with Crippen molar-refractivity contribution in [2.24, 2.45) is 0 Å². The Balaban J connectivity index is 2.10. The first-order valence-electron chi connectivity index (χ1n) is 7.35. The molecule has 1 amide bonds. The van der Waals surface area contributed by atoms with Gasteiger partial charge in [-0.15, -0.1) is 0 Å². The maximum absolute atomic E-state index is 12.3. The number of carbonyl (C=O) groups is 1. The lowest BCUT2D eigenvalue weighted by Gasteiger charge is -2.25.